The fourth-order valence-corrected chi connectivity index (χ4v) is 3.44. The second kappa shape index (κ2) is 5.40. The molecule has 0 radical (unpaired) electrons. The summed E-state index contributed by atoms with van der Waals surface area (Å²) in [6.07, 6.45) is -0.784. The largest absolute Gasteiger partial charge is 0.496 e. The lowest BCUT2D eigenvalue weighted by Gasteiger charge is -2.15. The lowest BCUT2D eigenvalue weighted by atomic mass is 10.1. The summed E-state index contributed by atoms with van der Waals surface area (Å²) in [4.78, 5) is 0.816. The van der Waals surface area contributed by atoms with Gasteiger partial charge in [-0.05, 0) is 39.5 Å². The molecule has 2 rings (SSSR count). The van der Waals surface area contributed by atoms with Crippen LogP contribution < -0.4 is 4.74 Å². The van der Waals surface area contributed by atoms with E-state index in [2.05, 4.69) is 15.9 Å². The van der Waals surface area contributed by atoms with Crippen molar-refractivity contribution in [3.63, 3.8) is 0 Å². The summed E-state index contributed by atoms with van der Waals surface area (Å²) in [5.41, 5.74) is 0.597. The van der Waals surface area contributed by atoms with E-state index in [1.807, 2.05) is 11.4 Å². The van der Waals surface area contributed by atoms with Crippen LogP contribution in [0.15, 0.2) is 34.1 Å². The first-order valence-electron chi connectivity index (χ1n) is 4.88. The van der Waals surface area contributed by atoms with Gasteiger partial charge in [0.15, 0.2) is 0 Å². The first kappa shape index (κ1) is 12.9. The third-order valence-corrected chi connectivity index (χ3v) is 4.65. The average molecular weight is 334 g/mol. The number of thiophene rings is 1. The molecule has 0 amide bonds. The third-order valence-electron chi connectivity index (χ3n) is 2.40. The Morgan fingerprint density at radius 2 is 2.18 bits per heavy atom. The van der Waals surface area contributed by atoms with Gasteiger partial charge in [0.2, 0.25) is 0 Å². The van der Waals surface area contributed by atoms with Gasteiger partial charge in [0.1, 0.15) is 11.9 Å². The minimum absolute atomic E-state index is 0.497. The zero-order valence-electron chi connectivity index (χ0n) is 8.98. The van der Waals surface area contributed by atoms with Crippen LogP contribution in [-0.2, 0) is 0 Å². The molecule has 0 aliphatic heterocycles. The highest BCUT2D eigenvalue weighted by atomic mass is 79.9. The van der Waals surface area contributed by atoms with Crippen molar-refractivity contribution in [2.75, 3.05) is 7.11 Å². The standard InChI is InChI=1S/C12H10BrClO2S/c1-16-9-4-2-3-8(14)10(9)11(15)12-7(13)5-6-17-12/h2-6,11,15H,1H3. The van der Waals surface area contributed by atoms with Gasteiger partial charge in [-0.3, -0.25) is 0 Å². The fraction of sp³-hybridized carbons (Fsp3) is 0.167. The van der Waals surface area contributed by atoms with Crippen molar-refractivity contribution in [3.8, 4) is 5.75 Å². The van der Waals surface area contributed by atoms with E-state index >= 15 is 0 Å². The topological polar surface area (TPSA) is 29.5 Å². The molecule has 0 aliphatic rings. The number of aliphatic hydroxyl groups is 1. The summed E-state index contributed by atoms with van der Waals surface area (Å²) in [6, 6.07) is 7.21. The van der Waals surface area contributed by atoms with Crippen molar-refractivity contribution in [2.24, 2.45) is 0 Å². The van der Waals surface area contributed by atoms with Crippen LogP contribution in [0.2, 0.25) is 5.02 Å². The van der Waals surface area contributed by atoms with E-state index in [1.165, 1.54) is 11.3 Å². The monoisotopic (exact) mass is 332 g/mol. The molecule has 1 atom stereocenters. The molecule has 1 unspecified atom stereocenters. The van der Waals surface area contributed by atoms with Crippen molar-refractivity contribution in [1.29, 1.82) is 0 Å². The third kappa shape index (κ3) is 2.50. The average Bonchev–Trinajstić information content (AvgIpc) is 2.74. The molecule has 0 saturated heterocycles. The van der Waals surface area contributed by atoms with E-state index < -0.39 is 6.10 Å². The van der Waals surface area contributed by atoms with Gasteiger partial charge in [-0.2, -0.15) is 0 Å². The van der Waals surface area contributed by atoms with Crippen molar-refractivity contribution in [3.05, 3.63) is 49.6 Å². The molecule has 0 fully saturated rings. The summed E-state index contributed by atoms with van der Waals surface area (Å²) in [7, 11) is 1.56. The van der Waals surface area contributed by atoms with E-state index in [-0.39, 0.29) is 0 Å². The number of rotatable bonds is 3. The Bertz CT molecular complexity index is 527. The molecule has 1 aromatic heterocycles. The summed E-state index contributed by atoms with van der Waals surface area (Å²) >= 11 is 11.0. The van der Waals surface area contributed by atoms with E-state index in [9.17, 15) is 5.11 Å². The molecule has 1 aromatic carbocycles. The molecule has 0 saturated carbocycles. The van der Waals surface area contributed by atoms with Crippen LogP contribution in [0, 0.1) is 0 Å². The maximum Gasteiger partial charge on any atom is 0.126 e. The predicted molar refractivity (Wildman–Crippen MR) is 74.1 cm³/mol. The lowest BCUT2D eigenvalue weighted by molar-refractivity contribution is 0.218. The summed E-state index contributed by atoms with van der Waals surface area (Å²) in [5, 5.41) is 12.8. The summed E-state index contributed by atoms with van der Waals surface area (Å²) < 4.78 is 6.10. The molecule has 0 spiro atoms. The maximum absolute atomic E-state index is 10.4. The van der Waals surface area contributed by atoms with Crippen LogP contribution in [0.4, 0.5) is 0 Å². The zero-order valence-corrected chi connectivity index (χ0v) is 12.1. The first-order valence-corrected chi connectivity index (χ1v) is 6.93. The Balaban J connectivity index is 2.50. The van der Waals surface area contributed by atoms with Crippen LogP contribution in [0.1, 0.15) is 16.5 Å². The molecule has 0 aliphatic carbocycles. The van der Waals surface area contributed by atoms with E-state index in [0.717, 1.165) is 9.35 Å². The molecule has 90 valence electrons. The molecule has 0 bridgehead atoms. The number of halogens is 2. The van der Waals surface area contributed by atoms with Crippen LogP contribution in [0.3, 0.4) is 0 Å². The van der Waals surface area contributed by atoms with Crippen LogP contribution in [0.5, 0.6) is 5.75 Å². The van der Waals surface area contributed by atoms with Gasteiger partial charge in [-0.25, -0.2) is 0 Å². The Morgan fingerprint density at radius 1 is 1.41 bits per heavy atom. The fourth-order valence-electron chi connectivity index (χ4n) is 1.59. The molecule has 2 aromatic rings. The minimum atomic E-state index is -0.784. The van der Waals surface area contributed by atoms with Gasteiger partial charge < -0.3 is 9.84 Å². The highest BCUT2D eigenvalue weighted by molar-refractivity contribution is 9.10. The van der Waals surface area contributed by atoms with Gasteiger partial charge in [0.05, 0.1) is 17.0 Å². The van der Waals surface area contributed by atoms with E-state index in [4.69, 9.17) is 16.3 Å². The predicted octanol–water partition coefficient (Wildman–Crippen LogP) is 4.25. The lowest BCUT2D eigenvalue weighted by Crippen LogP contribution is -2.02. The van der Waals surface area contributed by atoms with Gasteiger partial charge in [-0.1, -0.05) is 17.7 Å². The summed E-state index contributed by atoms with van der Waals surface area (Å²) in [6.45, 7) is 0. The Hall–Kier alpha value is -0.550. The Morgan fingerprint density at radius 3 is 2.76 bits per heavy atom. The second-order valence-corrected chi connectivity index (χ2v) is 5.60. The Labute approximate surface area is 117 Å². The highest BCUT2D eigenvalue weighted by Crippen LogP contribution is 2.40. The van der Waals surface area contributed by atoms with Crippen molar-refractivity contribution >= 4 is 38.9 Å². The zero-order chi connectivity index (χ0) is 12.4. The number of methoxy groups -OCH3 is 1. The van der Waals surface area contributed by atoms with E-state index in [0.29, 0.717) is 16.3 Å². The van der Waals surface area contributed by atoms with Crippen LogP contribution >= 0.6 is 38.9 Å². The SMILES string of the molecule is COc1cccc(Cl)c1C(O)c1sccc1Br. The first-order chi connectivity index (χ1) is 8.15. The number of ether oxygens (including phenoxy) is 1. The molecular weight excluding hydrogens is 324 g/mol. The van der Waals surface area contributed by atoms with E-state index in [1.54, 1.807) is 25.3 Å². The van der Waals surface area contributed by atoms with Crippen molar-refractivity contribution in [1.82, 2.24) is 0 Å². The normalized spacial score (nSPS) is 12.5. The highest BCUT2D eigenvalue weighted by Gasteiger charge is 2.21. The van der Waals surface area contributed by atoms with Crippen LogP contribution in [0.25, 0.3) is 0 Å². The van der Waals surface area contributed by atoms with Crippen LogP contribution in [-0.4, -0.2) is 12.2 Å². The maximum atomic E-state index is 10.4. The number of benzene rings is 1. The quantitative estimate of drug-likeness (QED) is 0.909. The molecule has 1 heterocycles. The molecular formula is C12H10BrClO2S. The van der Waals surface area contributed by atoms with Gasteiger partial charge in [0.25, 0.3) is 0 Å². The molecule has 5 heteroatoms. The minimum Gasteiger partial charge on any atom is -0.496 e. The van der Waals surface area contributed by atoms with Gasteiger partial charge in [0, 0.05) is 10.0 Å². The van der Waals surface area contributed by atoms with Gasteiger partial charge >= 0.3 is 0 Å². The Kier molecular flexibility index (Phi) is 4.09. The van der Waals surface area contributed by atoms with Gasteiger partial charge in [-0.15, -0.1) is 11.3 Å². The number of hydrogen-bond donors (Lipinski definition) is 1. The smallest absolute Gasteiger partial charge is 0.126 e. The van der Waals surface area contributed by atoms with Crippen molar-refractivity contribution < 1.29 is 9.84 Å². The summed E-state index contributed by atoms with van der Waals surface area (Å²) in [5.74, 6) is 0.588. The molecule has 2 nitrogen and oxygen atoms in total. The number of aliphatic hydroxyl groups excluding tert-OH is 1. The number of hydrogen-bond acceptors (Lipinski definition) is 3. The molecule has 1 N–H and O–H groups in total. The van der Waals surface area contributed by atoms with Crippen molar-refractivity contribution in [2.45, 2.75) is 6.10 Å². The molecule has 17 heavy (non-hydrogen) atoms. The second-order valence-electron chi connectivity index (χ2n) is 3.39.